The van der Waals surface area contributed by atoms with Gasteiger partial charge in [-0.25, -0.2) is 8.78 Å². The molecule has 2 aromatic rings. The molecule has 106 valence electrons. The summed E-state index contributed by atoms with van der Waals surface area (Å²) in [5.41, 5.74) is 1.01. The topological polar surface area (TPSA) is 20.2 Å². The lowest BCUT2D eigenvalue weighted by atomic mass is 9.93. The summed E-state index contributed by atoms with van der Waals surface area (Å²) >= 11 is 5.80. The maximum atomic E-state index is 13.6. The average Bonchev–Trinajstić information content (AvgIpc) is 2.44. The fourth-order valence-corrected chi connectivity index (χ4v) is 2.30. The summed E-state index contributed by atoms with van der Waals surface area (Å²) in [5, 5.41) is 10.0. The Kier molecular flexibility index (Phi) is 5.10. The van der Waals surface area contributed by atoms with Crippen molar-refractivity contribution in [2.75, 3.05) is 6.61 Å². The van der Waals surface area contributed by atoms with Crippen LogP contribution in [0.15, 0.2) is 42.5 Å². The molecule has 1 unspecified atom stereocenters. The van der Waals surface area contributed by atoms with E-state index in [1.807, 2.05) is 12.1 Å². The monoisotopic (exact) mass is 296 g/mol. The van der Waals surface area contributed by atoms with Crippen LogP contribution in [0.4, 0.5) is 8.78 Å². The van der Waals surface area contributed by atoms with E-state index in [4.69, 9.17) is 11.6 Å². The van der Waals surface area contributed by atoms with Crippen LogP contribution in [0.3, 0.4) is 0 Å². The molecule has 1 N–H and O–H groups in total. The van der Waals surface area contributed by atoms with Gasteiger partial charge in [-0.2, -0.15) is 0 Å². The van der Waals surface area contributed by atoms with Crippen molar-refractivity contribution in [3.8, 4) is 0 Å². The summed E-state index contributed by atoms with van der Waals surface area (Å²) in [5.74, 6) is -1.37. The third-order valence-corrected chi connectivity index (χ3v) is 3.50. The lowest BCUT2D eigenvalue weighted by molar-refractivity contribution is 0.223. The van der Waals surface area contributed by atoms with Gasteiger partial charge in [-0.3, -0.25) is 0 Å². The van der Waals surface area contributed by atoms with E-state index in [2.05, 4.69) is 0 Å². The van der Waals surface area contributed by atoms with Crippen LogP contribution in [0.5, 0.6) is 0 Å². The third kappa shape index (κ3) is 3.78. The van der Waals surface area contributed by atoms with Gasteiger partial charge in [-0.15, -0.1) is 0 Å². The summed E-state index contributed by atoms with van der Waals surface area (Å²) < 4.78 is 27.2. The van der Waals surface area contributed by atoms with E-state index < -0.39 is 11.6 Å². The maximum Gasteiger partial charge on any atom is 0.129 e. The van der Waals surface area contributed by atoms with Gasteiger partial charge in [0, 0.05) is 17.2 Å². The van der Waals surface area contributed by atoms with Crippen LogP contribution in [0.25, 0.3) is 0 Å². The van der Waals surface area contributed by atoms with Gasteiger partial charge in [0.2, 0.25) is 0 Å². The van der Waals surface area contributed by atoms with Gasteiger partial charge in [0.1, 0.15) is 11.6 Å². The van der Waals surface area contributed by atoms with E-state index in [1.54, 1.807) is 12.1 Å². The Labute approximate surface area is 121 Å². The average molecular weight is 297 g/mol. The van der Waals surface area contributed by atoms with Crippen molar-refractivity contribution < 1.29 is 13.9 Å². The molecule has 0 bridgehead atoms. The Morgan fingerprint density at radius 3 is 2.10 bits per heavy atom. The minimum absolute atomic E-state index is 0.0283. The largest absolute Gasteiger partial charge is 0.396 e. The van der Waals surface area contributed by atoms with Crippen molar-refractivity contribution in [2.45, 2.75) is 12.8 Å². The summed E-state index contributed by atoms with van der Waals surface area (Å²) in [6.07, 6.45) is 0.707. The van der Waals surface area contributed by atoms with Crippen LogP contribution in [0.1, 0.15) is 11.1 Å². The molecule has 0 aliphatic rings. The highest BCUT2D eigenvalue weighted by molar-refractivity contribution is 6.30. The summed E-state index contributed by atoms with van der Waals surface area (Å²) in [4.78, 5) is 0. The standard InChI is InChI=1S/C16H15ClF2O/c17-13-6-4-11(5-7-13)8-12(10-20)9-14-15(18)2-1-3-16(14)19/h1-7,12,20H,8-10H2. The van der Waals surface area contributed by atoms with Gasteiger partial charge in [-0.1, -0.05) is 29.8 Å². The van der Waals surface area contributed by atoms with Crippen molar-refractivity contribution in [2.24, 2.45) is 5.92 Å². The number of hydrogen-bond donors (Lipinski definition) is 1. The number of hydrogen-bond acceptors (Lipinski definition) is 1. The molecule has 0 amide bonds. The van der Waals surface area contributed by atoms with E-state index in [0.717, 1.165) is 5.56 Å². The highest BCUT2D eigenvalue weighted by atomic mass is 35.5. The summed E-state index contributed by atoms with van der Waals surface area (Å²) in [6.45, 7) is -0.129. The number of benzene rings is 2. The molecule has 0 heterocycles. The zero-order valence-corrected chi connectivity index (χ0v) is 11.6. The smallest absolute Gasteiger partial charge is 0.129 e. The van der Waals surface area contributed by atoms with Gasteiger partial charge >= 0.3 is 0 Å². The van der Waals surface area contributed by atoms with Crippen molar-refractivity contribution in [1.82, 2.24) is 0 Å². The molecule has 20 heavy (non-hydrogen) atoms. The van der Waals surface area contributed by atoms with E-state index >= 15 is 0 Å². The molecule has 2 aromatic carbocycles. The zero-order chi connectivity index (χ0) is 14.5. The van der Waals surface area contributed by atoms with Gasteiger partial charge in [-0.05, 0) is 48.6 Å². The molecule has 0 saturated carbocycles. The summed E-state index contributed by atoms with van der Waals surface area (Å²) in [7, 11) is 0. The predicted octanol–water partition coefficient (Wildman–Crippen LogP) is 4.01. The van der Waals surface area contributed by atoms with Gasteiger partial charge in [0.05, 0.1) is 0 Å². The Hall–Kier alpha value is -1.45. The Bertz CT molecular complexity index is 549. The van der Waals surface area contributed by atoms with Crippen LogP contribution in [0.2, 0.25) is 5.02 Å². The molecule has 1 atom stereocenters. The van der Waals surface area contributed by atoms with Crippen LogP contribution in [-0.2, 0) is 12.8 Å². The van der Waals surface area contributed by atoms with Crippen molar-refractivity contribution in [3.05, 3.63) is 70.2 Å². The number of halogens is 3. The molecule has 0 aliphatic heterocycles. The number of aliphatic hydroxyl groups is 1. The third-order valence-electron chi connectivity index (χ3n) is 3.25. The first kappa shape index (κ1) is 14.9. The van der Waals surface area contributed by atoms with Crippen LogP contribution >= 0.6 is 11.6 Å². The first-order valence-electron chi connectivity index (χ1n) is 6.38. The normalized spacial score (nSPS) is 12.4. The molecule has 0 spiro atoms. The minimum atomic E-state index is -0.570. The first-order chi connectivity index (χ1) is 9.60. The molecule has 2 rings (SSSR count). The second-order valence-corrected chi connectivity index (χ2v) is 5.22. The van der Waals surface area contributed by atoms with Gasteiger partial charge < -0.3 is 5.11 Å². The molecule has 0 aromatic heterocycles. The maximum absolute atomic E-state index is 13.6. The van der Waals surface area contributed by atoms with Gasteiger partial charge in [0.15, 0.2) is 0 Å². The molecular formula is C16H15ClF2O. The van der Waals surface area contributed by atoms with Crippen LogP contribution in [-0.4, -0.2) is 11.7 Å². The van der Waals surface area contributed by atoms with E-state index in [-0.39, 0.29) is 24.5 Å². The minimum Gasteiger partial charge on any atom is -0.396 e. The number of aliphatic hydroxyl groups excluding tert-OH is 1. The highest BCUT2D eigenvalue weighted by Gasteiger charge is 2.15. The Morgan fingerprint density at radius 2 is 1.55 bits per heavy atom. The lowest BCUT2D eigenvalue weighted by Crippen LogP contribution is -2.15. The second kappa shape index (κ2) is 6.82. The molecule has 4 heteroatoms. The Morgan fingerprint density at radius 1 is 0.950 bits per heavy atom. The molecule has 0 saturated heterocycles. The van der Waals surface area contributed by atoms with Crippen molar-refractivity contribution in [3.63, 3.8) is 0 Å². The van der Waals surface area contributed by atoms with Crippen molar-refractivity contribution in [1.29, 1.82) is 0 Å². The second-order valence-electron chi connectivity index (χ2n) is 4.78. The van der Waals surface area contributed by atoms with Crippen LogP contribution in [0, 0.1) is 17.6 Å². The molecule has 0 radical (unpaired) electrons. The lowest BCUT2D eigenvalue weighted by Gasteiger charge is -2.15. The quantitative estimate of drug-likeness (QED) is 0.884. The Balaban J connectivity index is 2.11. The molecule has 0 aliphatic carbocycles. The molecular weight excluding hydrogens is 282 g/mol. The fraction of sp³-hybridized carbons (Fsp3) is 0.250. The SMILES string of the molecule is OCC(Cc1ccc(Cl)cc1)Cc1c(F)cccc1F. The zero-order valence-electron chi connectivity index (χ0n) is 10.8. The first-order valence-corrected chi connectivity index (χ1v) is 6.76. The number of rotatable bonds is 5. The van der Waals surface area contributed by atoms with E-state index in [9.17, 15) is 13.9 Å². The van der Waals surface area contributed by atoms with Crippen LogP contribution < -0.4 is 0 Å². The van der Waals surface area contributed by atoms with E-state index in [1.165, 1.54) is 18.2 Å². The van der Waals surface area contributed by atoms with Gasteiger partial charge in [0.25, 0.3) is 0 Å². The molecule has 1 nitrogen and oxygen atoms in total. The van der Waals surface area contributed by atoms with E-state index in [0.29, 0.717) is 11.4 Å². The van der Waals surface area contributed by atoms with Crippen molar-refractivity contribution >= 4 is 11.6 Å². The summed E-state index contributed by atoms with van der Waals surface area (Å²) in [6, 6.07) is 11.0. The fourth-order valence-electron chi connectivity index (χ4n) is 2.17. The predicted molar refractivity (Wildman–Crippen MR) is 75.8 cm³/mol. The molecule has 0 fully saturated rings. The highest BCUT2D eigenvalue weighted by Crippen LogP contribution is 2.20.